The van der Waals surface area contributed by atoms with Crippen LogP contribution in [-0.4, -0.2) is 47.1 Å². The number of quaternary nitrogens is 2. The first-order chi connectivity index (χ1) is 8.87. The van der Waals surface area contributed by atoms with Crippen molar-refractivity contribution < 1.29 is 35.1 Å². The number of aliphatic hydroxyl groups excluding tert-OH is 3. The molecule has 0 radical (unpaired) electrons. The maximum Gasteiger partial charge on any atom is 0.0414 e. The van der Waals surface area contributed by atoms with Crippen molar-refractivity contribution in [3.05, 3.63) is 0 Å². The molecule has 0 aliphatic rings. The van der Waals surface area contributed by atoms with Gasteiger partial charge in [0, 0.05) is 31.8 Å². The Morgan fingerprint density at radius 1 is 0.714 bits per heavy atom. The van der Waals surface area contributed by atoms with Gasteiger partial charge in [0.15, 0.2) is 0 Å². The zero-order valence-corrected chi connectivity index (χ0v) is 13.9. The van der Waals surface area contributed by atoms with E-state index in [-0.39, 0.29) is 45.0 Å². The number of carboxylic acids is 2. The lowest BCUT2D eigenvalue weighted by Crippen LogP contribution is -2.23. The summed E-state index contributed by atoms with van der Waals surface area (Å²) in [6.07, 6.45) is 0.535. The molecule has 0 heterocycles. The quantitative estimate of drug-likeness (QED) is 0.389. The van der Waals surface area contributed by atoms with Gasteiger partial charge in [0.1, 0.15) is 0 Å². The molecule has 0 aromatic rings. The highest BCUT2D eigenvalue weighted by Gasteiger charge is 1.89. The summed E-state index contributed by atoms with van der Waals surface area (Å²) in [5.74, 6) is -2.28. The number of unbranched alkanes of at least 4 members (excludes halogenated alkanes) is 1. The van der Waals surface area contributed by atoms with Crippen molar-refractivity contribution in [3.8, 4) is 0 Å². The van der Waals surface area contributed by atoms with Gasteiger partial charge in [0.25, 0.3) is 0 Å². The molecule has 0 saturated carbocycles. The standard InChI is InChI=1S/C6H10O4.3C2H6O.2H3N/c7-5(8)3-1-2-4-6(9)10;3*1-2-3;;/h1-4H2,(H,7,8)(H,9,10);3*3H,2H2,1H3;2*1H3. The Balaban J connectivity index is -0.0000000432. The summed E-state index contributed by atoms with van der Waals surface area (Å²) in [5.41, 5.74) is 0. The van der Waals surface area contributed by atoms with Crippen molar-refractivity contribution in [1.82, 2.24) is 12.3 Å². The van der Waals surface area contributed by atoms with E-state index in [0.717, 1.165) is 0 Å². The zero-order chi connectivity index (χ0) is 16.1. The van der Waals surface area contributed by atoms with Gasteiger partial charge in [-0.25, -0.2) is 0 Å². The molecule has 0 atom stereocenters. The summed E-state index contributed by atoms with van der Waals surface area (Å²) in [4.78, 5) is 19.5. The first-order valence-corrected chi connectivity index (χ1v) is 6.09. The second-order valence-electron chi connectivity index (χ2n) is 2.90. The van der Waals surface area contributed by atoms with Crippen molar-refractivity contribution in [3.63, 3.8) is 0 Å². The minimum Gasteiger partial charge on any atom is -0.550 e. The predicted octanol–water partition coefficient (Wildman–Crippen LogP) is -1.21. The Bertz CT molecular complexity index is 160. The molecule has 9 nitrogen and oxygen atoms in total. The number of carboxylic acid groups (broad SMARTS) is 2. The fourth-order valence-electron chi connectivity index (χ4n) is 0.539. The minimum atomic E-state index is -1.14. The Kier molecular flexibility index (Phi) is 74.8. The average molecular weight is 318 g/mol. The molecule has 0 rings (SSSR count). The minimum absolute atomic E-state index is 0. The third kappa shape index (κ3) is 159. The monoisotopic (exact) mass is 318 g/mol. The summed E-state index contributed by atoms with van der Waals surface area (Å²) in [5, 5.41) is 42.2. The molecule has 0 fully saturated rings. The lowest BCUT2D eigenvalue weighted by molar-refractivity contribution is -0.308. The normalized spacial score (nSPS) is 6.95. The molecule has 0 aliphatic carbocycles. The molecule has 11 N–H and O–H groups in total. The summed E-state index contributed by atoms with van der Waals surface area (Å²) >= 11 is 0. The van der Waals surface area contributed by atoms with Crippen LogP contribution in [0.25, 0.3) is 0 Å². The molecule has 0 saturated heterocycles. The van der Waals surface area contributed by atoms with Crippen LogP contribution < -0.4 is 22.5 Å². The lowest BCUT2D eigenvalue weighted by Gasteiger charge is -2.01. The number of aliphatic hydroxyl groups is 3. The number of carbonyl (C=O) groups is 2. The summed E-state index contributed by atoms with van der Waals surface area (Å²) in [6, 6.07) is 0. The van der Waals surface area contributed by atoms with Gasteiger partial charge in [-0.15, -0.1) is 0 Å². The maximum atomic E-state index is 9.77. The Labute approximate surface area is 126 Å². The summed E-state index contributed by atoms with van der Waals surface area (Å²) < 4.78 is 0. The SMILES string of the molecule is CCO.CCO.CCO.O=C([O-])CCCCC(=O)[O-].[NH4+].[NH4+]. The topological polar surface area (TPSA) is 214 Å². The third-order valence-electron chi connectivity index (χ3n) is 1.01. The second kappa shape index (κ2) is 42.8. The van der Waals surface area contributed by atoms with E-state index in [2.05, 4.69) is 0 Å². The summed E-state index contributed by atoms with van der Waals surface area (Å²) in [6.45, 7) is 5.79. The number of hydrogen-bond acceptors (Lipinski definition) is 7. The summed E-state index contributed by atoms with van der Waals surface area (Å²) in [7, 11) is 0. The fraction of sp³-hybridized carbons (Fsp3) is 0.833. The van der Waals surface area contributed by atoms with E-state index < -0.39 is 11.9 Å². The number of rotatable bonds is 5. The van der Waals surface area contributed by atoms with Gasteiger partial charge in [-0.1, -0.05) is 0 Å². The van der Waals surface area contributed by atoms with Crippen LogP contribution >= 0.6 is 0 Å². The van der Waals surface area contributed by atoms with Crippen molar-refractivity contribution in [2.75, 3.05) is 19.8 Å². The molecule has 134 valence electrons. The molecule has 0 bridgehead atoms. The molecule has 0 amide bonds. The maximum absolute atomic E-state index is 9.77. The molecule has 0 aliphatic heterocycles. The highest BCUT2D eigenvalue weighted by Crippen LogP contribution is 1.96. The van der Waals surface area contributed by atoms with Gasteiger partial charge in [0.05, 0.1) is 0 Å². The van der Waals surface area contributed by atoms with Gasteiger partial charge in [0.2, 0.25) is 0 Å². The average Bonchev–Trinajstić information content (AvgIpc) is 2.27. The van der Waals surface area contributed by atoms with Gasteiger partial charge in [-0.3, -0.25) is 0 Å². The van der Waals surface area contributed by atoms with E-state index >= 15 is 0 Å². The van der Waals surface area contributed by atoms with Gasteiger partial charge in [-0.05, 0) is 46.5 Å². The van der Waals surface area contributed by atoms with E-state index in [1.807, 2.05) is 0 Å². The first kappa shape index (κ1) is 36.7. The zero-order valence-electron chi connectivity index (χ0n) is 13.9. The first-order valence-electron chi connectivity index (χ1n) is 6.09. The van der Waals surface area contributed by atoms with Crippen LogP contribution in [0.3, 0.4) is 0 Å². The Hall–Kier alpha value is -1.26. The van der Waals surface area contributed by atoms with E-state index in [1.165, 1.54) is 0 Å². The largest absolute Gasteiger partial charge is 0.550 e. The second-order valence-corrected chi connectivity index (χ2v) is 2.90. The molecular weight excluding hydrogens is 284 g/mol. The lowest BCUT2D eigenvalue weighted by atomic mass is 10.2. The molecule has 0 spiro atoms. The predicted molar refractivity (Wildman–Crippen MR) is 78.7 cm³/mol. The molecule has 0 unspecified atom stereocenters. The highest BCUT2D eigenvalue weighted by molar-refractivity contribution is 5.65. The molecule has 0 aromatic carbocycles. The molecular formula is C12H34N2O7. The van der Waals surface area contributed by atoms with Gasteiger partial charge in [-0.2, -0.15) is 0 Å². The van der Waals surface area contributed by atoms with E-state index in [9.17, 15) is 19.8 Å². The van der Waals surface area contributed by atoms with Crippen LogP contribution in [0.4, 0.5) is 0 Å². The van der Waals surface area contributed by atoms with E-state index in [1.54, 1.807) is 20.8 Å². The van der Waals surface area contributed by atoms with Gasteiger partial charge < -0.3 is 47.4 Å². The van der Waals surface area contributed by atoms with Crippen LogP contribution in [0.15, 0.2) is 0 Å². The third-order valence-corrected chi connectivity index (χ3v) is 1.01. The van der Waals surface area contributed by atoms with Gasteiger partial charge >= 0.3 is 0 Å². The van der Waals surface area contributed by atoms with E-state index in [4.69, 9.17) is 15.3 Å². The number of aliphatic carboxylic acids is 2. The Morgan fingerprint density at radius 2 is 0.857 bits per heavy atom. The highest BCUT2D eigenvalue weighted by atomic mass is 16.4. The van der Waals surface area contributed by atoms with E-state index in [0.29, 0.717) is 12.8 Å². The van der Waals surface area contributed by atoms with Crippen LogP contribution in [0.2, 0.25) is 0 Å². The van der Waals surface area contributed by atoms with Crippen LogP contribution in [-0.2, 0) is 9.59 Å². The molecule has 21 heavy (non-hydrogen) atoms. The van der Waals surface area contributed by atoms with Crippen molar-refractivity contribution >= 4 is 11.9 Å². The Morgan fingerprint density at radius 3 is 0.952 bits per heavy atom. The van der Waals surface area contributed by atoms with Crippen LogP contribution in [0.5, 0.6) is 0 Å². The number of carbonyl (C=O) groups excluding carboxylic acids is 2. The van der Waals surface area contributed by atoms with Crippen molar-refractivity contribution in [2.24, 2.45) is 0 Å². The van der Waals surface area contributed by atoms with Crippen LogP contribution in [0.1, 0.15) is 46.5 Å². The molecule has 9 heteroatoms. The van der Waals surface area contributed by atoms with Crippen LogP contribution in [0, 0.1) is 0 Å². The van der Waals surface area contributed by atoms with Crippen molar-refractivity contribution in [2.45, 2.75) is 46.5 Å². The van der Waals surface area contributed by atoms with Crippen molar-refractivity contribution in [1.29, 1.82) is 0 Å². The fourth-order valence-corrected chi connectivity index (χ4v) is 0.539. The number of hydrogen-bond donors (Lipinski definition) is 5. The molecule has 0 aromatic heterocycles. The smallest absolute Gasteiger partial charge is 0.0414 e.